The smallest absolute Gasteiger partial charge is 0.239 e. The highest BCUT2D eigenvalue weighted by molar-refractivity contribution is 5.85. The number of amides is 1. The van der Waals surface area contributed by atoms with Gasteiger partial charge in [0, 0.05) is 19.1 Å². The first-order valence-corrected chi connectivity index (χ1v) is 6.15. The molecule has 1 rings (SSSR count). The Labute approximate surface area is 125 Å². The minimum atomic E-state index is -0.687. The topological polar surface area (TPSA) is 64.3 Å². The van der Waals surface area contributed by atoms with Crippen molar-refractivity contribution in [1.29, 1.82) is 0 Å². The quantitative estimate of drug-likeness (QED) is 0.839. The van der Waals surface area contributed by atoms with E-state index in [2.05, 4.69) is 5.32 Å². The molecule has 0 spiro atoms. The number of nitrogens with two attached hydrogens (primary N) is 1. The fourth-order valence-electron chi connectivity index (χ4n) is 1.71. The molecule has 6 heteroatoms. The summed E-state index contributed by atoms with van der Waals surface area (Å²) in [6.45, 7) is 4.42. The molecular formula is C14H22ClFN2O2. The number of hydrogen-bond donors (Lipinski definition) is 2. The van der Waals surface area contributed by atoms with E-state index in [1.54, 1.807) is 6.07 Å². The van der Waals surface area contributed by atoms with E-state index in [0.29, 0.717) is 6.54 Å². The molecule has 1 aromatic carbocycles. The number of carbonyl (C=O) groups is 1. The highest BCUT2D eigenvalue weighted by Crippen LogP contribution is 2.22. The van der Waals surface area contributed by atoms with Crippen molar-refractivity contribution in [3.8, 4) is 0 Å². The van der Waals surface area contributed by atoms with Crippen LogP contribution in [-0.2, 0) is 14.9 Å². The molecule has 0 aromatic heterocycles. The van der Waals surface area contributed by atoms with E-state index < -0.39 is 6.04 Å². The Hall–Kier alpha value is -1.17. The molecule has 0 fully saturated rings. The van der Waals surface area contributed by atoms with Crippen molar-refractivity contribution >= 4 is 18.3 Å². The highest BCUT2D eigenvalue weighted by atomic mass is 35.5. The molecule has 3 N–H and O–H groups in total. The second kappa shape index (κ2) is 8.19. The van der Waals surface area contributed by atoms with Crippen molar-refractivity contribution in [2.45, 2.75) is 25.3 Å². The number of hydrogen-bond acceptors (Lipinski definition) is 3. The van der Waals surface area contributed by atoms with Crippen molar-refractivity contribution in [2.75, 3.05) is 20.3 Å². The lowest BCUT2D eigenvalue weighted by molar-refractivity contribution is -0.123. The average molecular weight is 305 g/mol. The third-order valence-corrected chi connectivity index (χ3v) is 2.99. The van der Waals surface area contributed by atoms with Crippen molar-refractivity contribution in [1.82, 2.24) is 5.32 Å². The van der Waals surface area contributed by atoms with Gasteiger partial charge in [-0.15, -0.1) is 12.4 Å². The second-order valence-electron chi connectivity index (χ2n) is 5.17. The van der Waals surface area contributed by atoms with Gasteiger partial charge in [0.05, 0.1) is 6.61 Å². The van der Waals surface area contributed by atoms with Crippen LogP contribution in [0.25, 0.3) is 0 Å². The molecule has 1 unspecified atom stereocenters. The number of benzene rings is 1. The van der Waals surface area contributed by atoms with E-state index in [1.807, 2.05) is 19.9 Å². The second-order valence-corrected chi connectivity index (χ2v) is 5.17. The van der Waals surface area contributed by atoms with Gasteiger partial charge in [-0.1, -0.05) is 26.0 Å². The number of carbonyl (C=O) groups excluding carboxylic acids is 1. The van der Waals surface area contributed by atoms with E-state index in [9.17, 15) is 9.18 Å². The number of nitrogens with one attached hydrogen (secondary N) is 1. The Kier molecular flexibility index (Phi) is 7.71. The van der Waals surface area contributed by atoms with Gasteiger partial charge in [0.1, 0.15) is 11.9 Å². The molecule has 1 amide bonds. The SMILES string of the molecule is COCC(N)C(=O)NCC(C)(C)c1cccc(F)c1.Cl. The molecule has 0 aliphatic rings. The molecule has 0 radical (unpaired) electrons. The molecule has 1 atom stereocenters. The number of ether oxygens (including phenoxy) is 1. The van der Waals surface area contributed by atoms with Gasteiger partial charge < -0.3 is 15.8 Å². The molecule has 20 heavy (non-hydrogen) atoms. The number of halogens is 2. The predicted octanol–water partition coefficient (Wildman–Crippen LogP) is 1.62. The van der Waals surface area contributed by atoms with Gasteiger partial charge in [0.2, 0.25) is 5.91 Å². The zero-order valence-corrected chi connectivity index (χ0v) is 12.8. The Bertz CT molecular complexity index is 441. The number of rotatable bonds is 6. The van der Waals surface area contributed by atoms with Crippen LogP contribution in [0.4, 0.5) is 4.39 Å². The van der Waals surface area contributed by atoms with E-state index in [0.717, 1.165) is 5.56 Å². The van der Waals surface area contributed by atoms with Crippen LogP contribution >= 0.6 is 12.4 Å². The van der Waals surface area contributed by atoms with E-state index in [1.165, 1.54) is 19.2 Å². The first-order chi connectivity index (χ1) is 8.86. The molecule has 1 aromatic rings. The average Bonchev–Trinajstić information content (AvgIpc) is 2.36. The fourth-order valence-corrected chi connectivity index (χ4v) is 1.71. The Morgan fingerprint density at radius 2 is 2.15 bits per heavy atom. The van der Waals surface area contributed by atoms with Gasteiger partial charge >= 0.3 is 0 Å². The van der Waals surface area contributed by atoms with Crippen LogP contribution in [0.3, 0.4) is 0 Å². The van der Waals surface area contributed by atoms with Gasteiger partial charge in [-0.3, -0.25) is 4.79 Å². The Morgan fingerprint density at radius 3 is 2.70 bits per heavy atom. The van der Waals surface area contributed by atoms with Crippen LogP contribution in [0.5, 0.6) is 0 Å². The van der Waals surface area contributed by atoms with Gasteiger partial charge in [-0.05, 0) is 17.7 Å². The van der Waals surface area contributed by atoms with Crippen molar-refractivity contribution in [2.24, 2.45) is 5.73 Å². The molecule has 0 bridgehead atoms. The van der Waals surface area contributed by atoms with E-state index in [-0.39, 0.29) is 36.2 Å². The van der Waals surface area contributed by atoms with Crippen LogP contribution in [0, 0.1) is 5.82 Å². The lowest BCUT2D eigenvalue weighted by atomic mass is 9.84. The van der Waals surface area contributed by atoms with Crippen LogP contribution in [-0.4, -0.2) is 32.2 Å². The predicted molar refractivity (Wildman–Crippen MR) is 79.5 cm³/mol. The minimum Gasteiger partial charge on any atom is -0.383 e. The van der Waals surface area contributed by atoms with Crippen LogP contribution < -0.4 is 11.1 Å². The Morgan fingerprint density at radius 1 is 1.50 bits per heavy atom. The summed E-state index contributed by atoms with van der Waals surface area (Å²) in [6, 6.07) is 5.68. The summed E-state index contributed by atoms with van der Waals surface area (Å²) in [4.78, 5) is 11.7. The largest absolute Gasteiger partial charge is 0.383 e. The maximum atomic E-state index is 13.2. The third kappa shape index (κ3) is 5.45. The molecule has 4 nitrogen and oxygen atoms in total. The van der Waals surface area contributed by atoms with Crippen LogP contribution in [0.1, 0.15) is 19.4 Å². The lowest BCUT2D eigenvalue weighted by Gasteiger charge is -2.26. The summed E-state index contributed by atoms with van der Waals surface area (Å²) in [6.07, 6.45) is 0. The summed E-state index contributed by atoms with van der Waals surface area (Å²) < 4.78 is 18.0. The fraction of sp³-hybridized carbons (Fsp3) is 0.500. The zero-order chi connectivity index (χ0) is 14.5. The highest BCUT2D eigenvalue weighted by Gasteiger charge is 2.23. The molecule has 0 heterocycles. The molecule has 114 valence electrons. The lowest BCUT2D eigenvalue weighted by Crippen LogP contribution is -2.47. The van der Waals surface area contributed by atoms with E-state index in [4.69, 9.17) is 10.5 Å². The number of methoxy groups -OCH3 is 1. The minimum absolute atomic E-state index is 0. The maximum Gasteiger partial charge on any atom is 0.239 e. The molecule has 0 saturated carbocycles. The van der Waals surface area contributed by atoms with Crippen molar-refractivity contribution in [3.05, 3.63) is 35.6 Å². The summed E-state index contributed by atoms with van der Waals surface area (Å²) >= 11 is 0. The van der Waals surface area contributed by atoms with E-state index >= 15 is 0 Å². The standard InChI is InChI=1S/C14H21FN2O2.ClH/c1-14(2,10-5-4-6-11(15)7-10)9-17-13(18)12(16)8-19-3;/h4-7,12H,8-9,16H2,1-3H3,(H,17,18);1H. The molecular weight excluding hydrogens is 283 g/mol. The first-order valence-electron chi connectivity index (χ1n) is 6.15. The molecule has 0 aliphatic carbocycles. The summed E-state index contributed by atoms with van der Waals surface area (Å²) in [5.41, 5.74) is 6.08. The summed E-state index contributed by atoms with van der Waals surface area (Å²) in [5.74, 6) is -0.556. The third-order valence-electron chi connectivity index (χ3n) is 2.99. The van der Waals surface area contributed by atoms with Gasteiger partial charge in [-0.25, -0.2) is 4.39 Å². The maximum absolute atomic E-state index is 13.2. The summed E-state index contributed by atoms with van der Waals surface area (Å²) in [5, 5.41) is 2.76. The first kappa shape index (κ1) is 18.8. The monoisotopic (exact) mass is 304 g/mol. The Balaban J connectivity index is 0.00000361. The van der Waals surface area contributed by atoms with Crippen LogP contribution in [0.15, 0.2) is 24.3 Å². The van der Waals surface area contributed by atoms with Crippen LogP contribution in [0.2, 0.25) is 0 Å². The van der Waals surface area contributed by atoms with Gasteiger partial charge in [0.15, 0.2) is 0 Å². The zero-order valence-electron chi connectivity index (χ0n) is 12.0. The molecule has 0 saturated heterocycles. The van der Waals surface area contributed by atoms with Crippen molar-refractivity contribution in [3.63, 3.8) is 0 Å². The van der Waals surface area contributed by atoms with Crippen molar-refractivity contribution < 1.29 is 13.9 Å². The normalized spacial score (nSPS) is 12.4. The molecule has 0 aliphatic heterocycles. The summed E-state index contributed by atoms with van der Waals surface area (Å²) in [7, 11) is 1.49. The van der Waals surface area contributed by atoms with Gasteiger partial charge in [-0.2, -0.15) is 0 Å². The van der Waals surface area contributed by atoms with Gasteiger partial charge in [0.25, 0.3) is 0 Å².